The van der Waals surface area contributed by atoms with Gasteiger partial charge in [0.2, 0.25) is 0 Å². The molecule has 2 nitrogen and oxygen atoms in total. The molecule has 4 aromatic rings. The zero-order valence-electron chi connectivity index (χ0n) is 13.2. The predicted molar refractivity (Wildman–Crippen MR) is 104 cm³/mol. The Morgan fingerprint density at radius 1 is 0.640 bits per heavy atom. The quantitative estimate of drug-likeness (QED) is 0.303. The van der Waals surface area contributed by atoms with Gasteiger partial charge in [-0.15, -0.1) is 0 Å². The van der Waals surface area contributed by atoms with Crippen molar-refractivity contribution in [3.63, 3.8) is 0 Å². The normalized spacial score (nSPS) is 12.0. The SMILES string of the molecule is Brc1cc2c(cc1-c1ccccc1)Oc1ccc3ccccc3c1O2. The highest BCUT2D eigenvalue weighted by Crippen LogP contribution is 2.50. The van der Waals surface area contributed by atoms with Crippen LogP contribution in [0.5, 0.6) is 23.0 Å². The Balaban J connectivity index is 1.65. The molecule has 25 heavy (non-hydrogen) atoms. The maximum atomic E-state index is 6.21. The number of fused-ring (bicyclic) bond motifs is 4. The average Bonchev–Trinajstić information content (AvgIpc) is 2.67. The van der Waals surface area contributed by atoms with E-state index in [2.05, 4.69) is 46.3 Å². The van der Waals surface area contributed by atoms with E-state index >= 15 is 0 Å². The molecule has 0 saturated heterocycles. The largest absolute Gasteiger partial charge is 0.449 e. The second kappa shape index (κ2) is 5.64. The first kappa shape index (κ1) is 14.6. The van der Waals surface area contributed by atoms with E-state index in [4.69, 9.17) is 9.47 Å². The Bertz CT molecular complexity index is 1100. The zero-order chi connectivity index (χ0) is 16.8. The fourth-order valence-electron chi connectivity index (χ4n) is 3.17. The van der Waals surface area contributed by atoms with Gasteiger partial charge < -0.3 is 9.47 Å². The number of halogens is 1. The second-order valence-electron chi connectivity index (χ2n) is 5.96. The highest BCUT2D eigenvalue weighted by Gasteiger charge is 2.22. The van der Waals surface area contributed by atoms with Crippen LogP contribution in [0.25, 0.3) is 21.9 Å². The lowest BCUT2D eigenvalue weighted by Crippen LogP contribution is -2.00. The fourth-order valence-corrected chi connectivity index (χ4v) is 3.72. The minimum atomic E-state index is 0.718. The first-order chi connectivity index (χ1) is 12.3. The van der Waals surface area contributed by atoms with Gasteiger partial charge in [-0.25, -0.2) is 0 Å². The van der Waals surface area contributed by atoms with E-state index in [0.717, 1.165) is 49.4 Å². The van der Waals surface area contributed by atoms with Crippen LogP contribution < -0.4 is 9.47 Å². The van der Waals surface area contributed by atoms with Gasteiger partial charge in [-0.05, 0) is 34.7 Å². The van der Waals surface area contributed by atoms with Gasteiger partial charge in [-0.1, -0.05) is 76.6 Å². The third-order valence-electron chi connectivity index (χ3n) is 4.39. The van der Waals surface area contributed by atoms with Crippen molar-refractivity contribution in [2.75, 3.05) is 0 Å². The summed E-state index contributed by atoms with van der Waals surface area (Å²) in [6.07, 6.45) is 0. The number of hydrogen-bond donors (Lipinski definition) is 0. The molecular formula is C22H13BrO2. The summed E-state index contributed by atoms with van der Waals surface area (Å²) in [5.74, 6) is 2.96. The van der Waals surface area contributed by atoms with Crippen LogP contribution in [0.3, 0.4) is 0 Å². The molecule has 0 radical (unpaired) electrons. The van der Waals surface area contributed by atoms with Crippen molar-refractivity contribution in [3.05, 3.63) is 83.3 Å². The molecule has 0 fully saturated rings. The highest BCUT2D eigenvalue weighted by atomic mass is 79.9. The Kier molecular flexibility index (Phi) is 3.28. The molecule has 0 aromatic heterocycles. The molecule has 0 spiro atoms. The van der Waals surface area contributed by atoms with Crippen molar-refractivity contribution in [2.24, 2.45) is 0 Å². The van der Waals surface area contributed by atoms with E-state index in [1.165, 1.54) is 0 Å². The lowest BCUT2D eigenvalue weighted by molar-refractivity contribution is 0.363. The molecule has 0 amide bonds. The molecule has 0 bridgehead atoms. The minimum Gasteiger partial charge on any atom is -0.449 e. The molecule has 4 aromatic carbocycles. The first-order valence-corrected chi connectivity index (χ1v) is 8.85. The third kappa shape index (κ3) is 2.39. The average molecular weight is 389 g/mol. The van der Waals surface area contributed by atoms with E-state index in [-0.39, 0.29) is 0 Å². The van der Waals surface area contributed by atoms with Crippen molar-refractivity contribution in [3.8, 4) is 34.1 Å². The van der Waals surface area contributed by atoms with Crippen molar-refractivity contribution in [1.82, 2.24) is 0 Å². The lowest BCUT2D eigenvalue weighted by atomic mass is 10.0. The van der Waals surface area contributed by atoms with Crippen molar-refractivity contribution in [2.45, 2.75) is 0 Å². The van der Waals surface area contributed by atoms with Crippen LogP contribution in [0.15, 0.2) is 83.3 Å². The maximum Gasteiger partial charge on any atom is 0.177 e. The Labute approximate surface area is 153 Å². The van der Waals surface area contributed by atoms with Crippen LogP contribution in [0.4, 0.5) is 0 Å². The van der Waals surface area contributed by atoms with Crippen LogP contribution in [0.1, 0.15) is 0 Å². The summed E-state index contributed by atoms with van der Waals surface area (Å²) in [6.45, 7) is 0. The Morgan fingerprint density at radius 3 is 2.28 bits per heavy atom. The third-order valence-corrected chi connectivity index (χ3v) is 5.05. The predicted octanol–water partition coefficient (Wildman–Crippen LogP) is 7.17. The van der Waals surface area contributed by atoms with Gasteiger partial charge in [0.05, 0.1) is 0 Å². The summed E-state index contributed by atoms with van der Waals surface area (Å²) in [5.41, 5.74) is 2.21. The molecule has 0 atom stereocenters. The van der Waals surface area contributed by atoms with E-state index in [1.54, 1.807) is 0 Å². The molecule has 1 aliphatic heterocycles. The molecule has 0 saturated carbocycles. The zero-order valence-corrected chi connectivity index (χ0v) is 14.8. The van der Waals surface area contributed by atoms with E-state index < -0.39 is 0 Å². The van der Waals surface area contributed by atoms with Crippen LogP contribution in [-0.2, 0) is 0 Å². The van der Waals surface area contributed by atoms with Crippen LogP contribution >= 0.6 is 15.9 Å². The van der Waals surface area contributed by atoms with E-state index in [0.29, 0.717) is 0 Å². The molecule has 0 N–H and O–H groups in total. The van der Waals surface area contributed by atoms with E-state index in [1.807, 2.05) is 48.5 Å². The molecular weight excluding hydrogens is 376 g/mol. The summed E-state index contributed by atoms with van der Waals surface area (Å²) in [6, 6.07) is 26.4. The topological polar surface area (TPSA) is 18.5 Å². The fraction of sp³-hybridized carbons (Fsp3) is 0. The van der Waals surface area contributed by atoms with Gasteiger partial charge in [-0.2, -0.15) is 0 Å². The van der Waals surface area contributed by atoms with Crippen LogP contribution in [0, 0.1) is 0 Å². The van der Waals surface area contributed by atoms with Gasteiger partial charge in [-0.3, -0.25) is 0 Å². The van der Waals surface area contributed by atoms with Crippen molar-refractivity contribution >= 4 is 26.7 Å². The summed E-state index contributed by atoms with van der Waals surface area (Å²) >= 11 is 3.67. The summed E-state index contributed by atoms with van der Waals surface area (Å²) in [4.78, 5) is 0. The number of ether oxygens (including phenoxy) is 2. The lowest BCUT2D eigenvalue weighted by Gasteiger charge is -2.23. The van der Waals surface area contributed by atoms with Crippen LogP contribution in [0.2, 0.25) is 0 Å². The van der Waals surface area contributed by atoms with Gasteiger partial charge in [0.15, 0.2) is 23.0 Å². The van der Waals surface area contributed by atoms with Gasteiger partial charge in [0, 0.05) is 9.86 Å². The molecule has 5 rings (SSSR count). The molecule has 0 aliphatic carbocycles. The van der Waals surface area contributed by atoms with Crippen molar-refractivity contribution < 1.29 is 9.47 Å². The monoisotopic (exact) mass is 388 g/mol. The molecule has 120 valence electrons. The molecule has 3 heteroatoms. The molecule has 0 unspecified atom stereocenters. The van der Waals surface area contributed by atoms with Gasteiger partial charge in [0.25, 0.3) is 0 Å². The van der Waals surface area contributed by atoms with Gasteiger partial charge >= 0.3 is 0 Å². The standard InChI is InChI=1S/C22H13BrO2/c23-18-13-21-20(12-17(18)14-6-2-1-3-7-14)24-19-11-10-15-8-4-5-9-16(15)22(19)25-21/h1-13H. The van der Waals surface area contributed by atoms with Crippen LogP contribution in [-0.4, -0.2) is 0 Å². The second-order valence-corrected chi connectivity index (χ2v) is 6.82. The molecule has 1 heterocycles. The highest BCUT2D eigenvalue weighted by molar-refractivity contribution is 9.10. The maximum absolute atomic E-state index is 6.21. The number of hydrogen-bond acceptors (Lipinski definition) is 2. The molecule has 1 aliphatic rings. The summed E-state index contributed by atoms with van der Waals surface area (Å²) in [5, 5.41) is 2.18. The number of rotatable bonds is 1. The smallest absolute Gasteiger partial charge is 0.177 e. The van der Waals surface area contributed by atoms with Gasteiger partial charge in [0.1, 0.15) is 0 Å². The summed E-state index contributed by atoms with van der Waals surface area (Å²) in [7, 11) is 0. The van der Waals surface area contributed by atoms with E-state index in [9.17, 15) is 0 Å². The number of benzene rings is 4. The Morgan fingerprint density at radius 2 is 1.40 bits per heavy atom. The minimum absolute atomic E-state index is 0.718. The first-order valence-electron chi connectivity index (χ1n) is 8.06. The Hall–Kier alpha value is -2.78. The van der Waals surface area contributed by atoms with Crippen molar-refractivity contribution in [1.29, 1.82) is 0 Å². The summed E-state index contributed by atoms with van der Waals surface area (Å²) < 4.78 is 13.3.